The van der Waals surface area contributed by atoms with Gasteiger partial charge in [-0.3, -0.25) is 4.98 Å². The van der Waals surface area contributed by atoms with E-state index in [1.165, 1.54) is 0 Å². The third-order valence-corrected chi connectivity index (χ3v) is 4.13. The highest BCUT2D eigenvalue weighted by Crippen LogP contribution is 2.18. The number of nitrogens with zero attached hydrogens (tertiary/aromatic N) is 6. The molecule has 0 radical (unpaired) electrons. The molecule has 8 heteroatoms. The fourth-order valence-corrected chi connectivity index (χ4v) is 2.67. The summed E-state index contributed by atoms with van der Waals surface area (Å²) in [6.07, 6.45) is 3.60. The molecule has 0 atom stereocenters. The van der Waals surface area contributed by atoms with Gasteiger partial charge in [0, 0.05) is 45.1 Å². The monoisotopic (exact) mass is 343 g/mol. The van der Waals surface area contributed by atoms with Gasteiger partial charge in [0.25, 0.3) is 0 Å². The largest absolute Gasteiger partial charge is 0.378 e. The van der Waals surface area contributed by atoms with Gasteiger partial charge in [0.05, 0.1) is 13.2 Å². The van der Waals surface area contributed by atoms with Crippen molar-refractivity contribution in [2.45, 2.75) is 20.4 Å². The van der Waals surface area contributed by atoms with Crippen molar-refractivity contribution >= 4 is 17.8 Å². The minimum Gasteiger partial charge on any atom is -0.378 e. The number of hydrogen-bond donors (Lipinski definition) is 1. The number of hydrogen-bond acceptors (Lipinski definition) is 8. The van der Waals surface area contributed by atoms with Gasteiger partial charge >= 0.3 is 0 Å². The SMILES string of the molecule is CCN(CC)c1nc(NCc2cccnc2)nc(N2CCOCC2)n1. The summed E-state index contributed by atoms with van der Waals surface area (Å²) in [4.78, 5) is 22.3. The zero-order valence-corrected chi connectivity index (χ0v) is 14.9. The lowest BCUT2D eigenvalue weighted by Crippen LogP contribution is -2.38. The van der Waals surface area contributed by atoms with Crippen LogP contribution < -0.4 is 15.1 Å². The Bertz CT molecular complexity index is 657. The molecule has 0 bridgehead atoms. The maximum Gasteiger partial charge on any atom is 0.232 e. The van der Waals surface area contributed by atoms with Crippen LogP contribution >= 0.6 is 0 Å². The molecule has 134 valence electrons. The predicted molar refractivity (Wildman–Crippen MR) is 98.0 cm³/mol. The van der Waals surface area contributed by atoms with Gasteiger partial charge in [-0.25, -0.2) is 0 Å². The lowest BCUT2D eigenvalue weighted by molar-refractivity contribution is 0.122. The van der Waals surface area contributed by atoms with Crippen molar-refractivity contribution in [3.63, 3.8) is 0 Å². The Labute approximate surface area is 148 Å². The molecule has 0 unspecified atom stereocenters. The Morgan fingerprint density at radius 1 is 1.16 bits per heavy atom. The molecular formula is C17H25N7O. The predicted octanol–water partition coefficient (Wildman–Crippen LogP) is 1.56. The van der Waals surface area contributed by atoms with Gasteiger partial charge < -0.3 is 19.9 Å². The molecule has 8 nitrogen and oxygen atoms in total. The highest BCUT2D eigenvalue weighted by Gasteiger charge is 2.18. The van der Waals surface area contributed by atoms with E-state index in [2.05, 4.69) is 48.9 Å². The van der Waals surface area contributed by atoms with Gasteiger partial charge in [-0.2, -0.15) is 15.0 Å². The lowest BCUT2D eigenvalue weighted by atomic mass is 10.3. The summed E-state index contributed by atoms with van der Waals surface area (Å²) in [5, 5.41) is 3.30. The number of pyridine rings is 1. The van der Waals surface area contributed by atoms with Gasteiger partial charge in [0.2, 0.25) is 17.8 Å². The van der Waals surface area contributed by atoms with Crippen LogP contribution in [0.3, 0.4) is 0 Å². The van der Waals surface area contributed by atoms with Gasteiger partial charge in [0.15, 0.2) is 0 Å². The van der Waals surface area contributed by atoms with Crippen LogP contribution in [-0.4, -0.2) is 59.3 Å². The minimum atomic E-state index is 0.585. The molecule has 1 saturated heterocycles. The van der Waals surface area contributed by atoms with E-state index in [4.69, 9.17) is 4.74 Å². The van der Waals surface area contributed by atoms with Gasteiger partial charge in [0.1, 0.15) is 0 Å². The first kappa shape index (κ1) is 17.3. The van der Waals surface area contributed by atoms with Crippen molar-refractivity contribution in [2.75, 3.05) is 54.5 Å². The van der Waals surface area contributed by atoms with E-state index >= 15 is 0 Å². The first-order chi connectivity index (χ1) is 12.3. The van der Waals surface area contributed by atoms with Crippen molar-refractivity contribution in [1.29, 1.82) is 0 Å². The number of morpholine rings is 1. The van der Waals surface area contributed by atoms with E-state index < -0.39 is 0 Å². The van der Waals surface area contributed by atoms with Crippen molar-refractivity contribution in [2.24, 2.45) is 0 Å². The van der Waals surface area contributed by atoms with Crippen LogP contribution in [0.5, 0.6) is 0 Å². The highest BCUT2D eigenvalue weighted by molar-refractivity contribution is 5.45. The van der Waals surface area contributed by atoms with E-state index in [0.29, 0.717) is 37.6 Å². The molecule has 1 fully saturated rings. The molecule has 0 spiro atoms. The molecule has 1 aliphatic heterocycles. The normalized spacial score (nSPS) is 14.4. The Balaban J connectivity index is 1.83. The topological polar surface area (TPSA) is 79.3 Å². The minimum absolute atomic E-state index is 0.585. The van der Waals surface area contributed by atoms with E-state index in [9.17, 15) is 0 Å². The van der Waals surface area contributed by atoms with Crippen LogP contribution in [0.25, 0.3) is 0 Å². The van der Waals surface area contributed by atoms with E-state index in [1.807, 2.05) is 18.3 Å². The Morgan fingerprint density at radius 3 is 2.64 bits per heavy atom. The molecule has 25 heavy (non-hydrogen) atoms. The van der Waals surface area contributed by atoms with Gasteiger partial charge in [-0.1, -0.05) is 6.07 Å². The van der Waals surface area contributed by atoms with E-state index in [-0.39, 0.29) is 0 Å². The average molecular weight is 343 g/mol. The molecule has 0 aliphatic carbocycles. The van der Waals surface area contributed by atoms with Gasteiger partial charge in [-0.05, 0) is 25.5 Å². The summed E-state index contributed by atoms with van der Waals surface area (Å²) in [5.41, 5.74) is 1.08. The molecule has 0 amide bonds. The van der Waals surface area contributed by atoms with Crippen LogP contribution in [0.1, 0.15) is 19.4 Å². The zero-order chi connectivity index (χ0) is 17.5. The van der Waals surface area contributed by atoms with Crippen LogP contribution in [0.15, 0.2) is 24.5 Å². The Morgan fingerprint density at radius 2 is 1.96 bits per heavy atom. The quantitative estimate of drug-likeness (QED) is 0.811. The molecule has 1 N–H and O–H groups in total. The number of anilines is 3. The smallest absolute Gasteiger partial charge is 0.232 e. The number of rotatable bonds is 7. The van der Waals surface area contributed by atoms with Crippen LogP contribution in [0.4, 0.5) is 17.8 Å². The fraction of sp³-hybridized carbons (Fsp3) is 0.529. The first-order valence-corrected chi connectivity index (χ1v) is 8.76. The second-order valence-electron chi connectivity index (χ2n) is 5.75. The number of ether oxygens (including phenoxy) is 1. The van der Waals surface area contributed by atoms with Crippen LogP contribution in [-0.2, 0) is 11.3 Å². The van der Waals surface area contributed by atoms with Gasteiger partial charge in [-0.15, -0.1) is 0 Å². The fourth-order valence-electron chi connectivity index (χ4n) is 2.67. The zero-order valence-electron chi connectivity index (χ0n) is 14.9. The second kappa shape index (κ2) is 8.57. The molecule has 2 aromatic heterocycles. The molecule has 3 heterocycles. The average Bonchev–Trinajstić information content (AvgIpc) is 2.69. The second-order valence-corrected chi connectivity index (χ2v) is 5.75. The summed E-state index contributed by atoms with van der Waals surface area (Å²) < 4.78 is 5.43. The van der Waals surface area contributed by atoms with E-state index in [0.717, 1.165) is 31.7 Å². The molecular weight excluding hydrogens is 318 g/mol. The maximum absolute atomic E-state index is 5.43. The summed E-state index contributed by atoms with van der Waals surface area (Å²) in [6.45, 7) is 9.52. The third kappa shape index (κ3) is 4.54. The van der Waals surface area contributed by atoms with Crippen molar-refractivity contribution < 1.29 is 4.74 Å². The van der Waals surface area contributed by atoms with Crippen LogP contribution in [0, 0.1) is 0 Å². The Hall–Kier alpha value is -2.48. The first-order valence-electron chi connectivity index (χ1n) is 8.76. The summed E-state index contributed by atoms with van der Waals surface area (Å²) in [7, 11) is 0. The van der Waals surface area contributed by atoms with Crippen molar-refractivity contribution in [3.05, 3.63) is 30.1 Å². The van der Waals surface area contributed by atoms with Crippen LogP contribution in [0.2, 0.25) is 0 Å². The summed E-state index contributed by atoms with van der Waals surface area (Å²) in [6, 6.07) is 3.94. The highest BCUT2D eigenvalue weighted by atomic mass is 16.5. The van der Waals surface area contributed by atoms with Crippen molar-refractivity contribution in [1.82, 2.24) is 19.9 Å². The molecule has 0 saturated carbocycles. The number of aromatic nitrogens is 4. The molecule has 3 rings (SSSR count). The lowest BCUT2D eigenvalue weighted by Gasteiger charge is -2.28. The van der Waals surface area contributed by atoms with E-state index in [1.54, 1.807) is 6.20 Å². The third-order valence-electron chi connectivity index (χ3n) is 4.13. The summed E-state index contributed by atoms with van der Waals surface area (Å²) >= 11 is 0. The van der Waals surface area contributed by atoms with Crippen molar-refractivity contribution in [3.8, 4) is 0 Å². The number of nitrogens with one attached hydrogen (secondary N) is 1. The maximum atomic E-state index is 5.43. The Kier molecular flexibility index (Phi) is 5.95. The molecule has 0 aromatic carbocycles. The standard InChI is InChI=1S/C17H25N7O/c1-3-23(4-2)16-20-15(19-13-14-6-5-7-18-12-14)21-17(22-16)24-8-10-25-11-9-24/h5-7,12H,3-4,8-11,13H2,1-2H3,(H,19,20,21,22). The summed E-state index contributed by atoms with van der Waals surface area (Å²) in [5.74, 6) is 1.99. The molecule has 2 aromatic rings. The molecule has 1 aliphatic rings.